The van der Waals surface area contributed by atoms with Crippen molar-refractivity contribution in [3.05, 3.63) is 63.6 Å². The van der Waals surface area contributed by atoms with Crippen LogP contribution in [-0.2, 0) is 27.8 Å². The van der Waals surface area contributed by atoms with Crippen LogP contribution in [0.5, 0.6) is 0 Å². The van der Waals surface area contributed by atoms with Crippen molar-refractivity contribution in [1.82, 2.24) is 9.62 Å². The first kappa shape index (κ1) is 22.7. The third-order valence-electron chi connectivity index (χ3n) is 4.41. The smallest absolute Gasteiger partial charge is 0.240 e. The van der Waals surface area contributed by atoms with Crippen LogP contribution in [0.4, 0.5) is 0 Å². The Kier molecular flexibility index (Phi) is 7.89. The van der Waals surface area contributed by atoms with Crippen molar-refractivity contribution in [3.63, 3.8) is 0 Å². The molecule has 0 aliphatic rings. The molecule has 0 aliphatic carbocycles. The molecule has 0 aromatic heterocycles. The molecule has 1 amide bonds. The molecule has 152 valence electrons. The number of nitrogens with one attached hydrogen (secondary N) is 1. The number of halogens is 2. The molecular weight excluding hydrogens is 419 g/mol. The maximum absolute atomic E-state index is 12.7. The number of rotatable bonds is 8. The van der Waals surface area contributed by atoms with Crippen LogP contribution >= 0.6 is 23.2 Å². The van der Waals surface area contributed by atoms with Crippen molar-refractivity contribution in [2.45, 2.75) is 44.2 Å². The minimum Gasteiger partial charge on any atom is -0.336 e. The largest absolute Gasteiger partial charge is 0.336 e. The van der Waals surface area contributed by atoms with Crippen molar-refractivity contribution >= 4 is 39.1 Å². The predicted octanol–water partition coefficient (Wildman–Crippen LogP) is 4.27. The molecule has 5 nitrogen and oxygen atoms in total. The molecule has 2 aromatic rings. The predicted molar refractivity (Wildman–Crippen MR) is 113 cm³/mol. The lowest BCUT2D eigenvalue weighted by atomic mass is 10.1. The molecule has 2 rings (SSSR count). The fourth-order valence-electron chi connectivity index (χ4n) is 2.74. The molecule has 28 heavy (non-hydrogen) atoms. The van der Waals surface area contributed by atoms with Gasteiger partial charge in [-0.25, -0.2) is 13.1 Å². The van der Waals surface area contributed by atoms with Gasteiger partial charge in [0.15, 0.2) is 0 Å². The number of benzene rings is 2. The van der Waals surface area contributed by atoms with E-state index < -0.39 is 10.0 Å². The number of nitrogens with zero attached hydrogens (tertiary/aromatic N) is 1. The van der Waals surface area contributed by atoms with Crippen molar-refractivity contribution < 1.29 is 13.2 Å². The Bertz CT molecular complexity index is 929. The highest BCUT2D eigenvalue weighted by molar-refractivity contribution is 7.89. The van der Waals surface area contributed by atoms with E-state index >= 15 is 0 Å². The molecule has 0 heterocycles. The molecule has 0 spiro atoms. The van der Waals surface area contributed by atoms with E-state index in [1.165, 1.54) is 7.05 Å². The Labute approximate surface area is 176 Å². The third kappa shape index (κ3) is 5.95. The first-order valence-electron chi connectivity index (χ1n) is 8.90. The molecule has 2 aromatic carbocycles. The summed E-state index contributed by atoms with van der Waals surface area (Å²) in [6, 6.07) is 11.9. The second kappa shape index (κ2) is 9.74. The Balaban J connectivity index is 2.03. The minimum absolute atomic E-state index is 0.0213. The fraction of sp³-hybridized carbons (Fsp3) is 0.350. The molecule has 8 heteroatoms. The van der Waals surface area contributed by atoms with E-state index in [2.05, 4.69) is 4.72 Å². The summed E-state index contributed by atoms with van der Waals surface area (Å²) < 4.78 is 25.8. The summed E-state index contributed by atoms with van der Waals surface area (Å²) in [7, 11) is -2.09. The van der Waals surface area contributed by atoms with Gasteiger partial charge in [0.2, 0.25) is 15.9 Å². The summed E-state index contributed by atoms with van der Waals surface area (Å²) in [6.45, 7) is 4.38. The van der Waals surface area contributed by atoms with E-state index in [9.17, 15) is 13.2 Å². The SMILES string of the molecule is CNS(=O)(=O)c1ccc(CCC(=O)N(Cc2ccc(Cl)c(Cl)c2)C(C)C)cc1. The maximum Gasteiger partial charge on any atom is 0.240 e. The second-order valence-electron chi connectivity index (χ2n) is 6.72. The Morgan fingerprint density at radius 1 is 1.04 bits per heavy atom. The number of aryl methyl sites for hydroxylation is 1. The molecule has 0 aliphatic heterocycles. The summed E-state index contributed by atoms with van der Waals surface area (Å²) in [5, 5.41) is 0.948. The van der Waals surface area contributed by atoms with E-state index in [0.29, 0.717) is 29.4 Å². The van der Waals surface area contributed by atoms with Gasteiger partial charge >= 0.3 is 0 Å². The molecule has 0 atom stereocenters. The number of sulfonamides is 1. The third-order valence-corrected chi connectivity index (χ3v) is 6.58. The van der Waals surface area contributed by atoms with E-state index in [1.54, 1.807) is 41.3 Å². The normalized spacial score (nSPS) is 11.6. The summed E-state index contributed by atoms with van der Waals surface area (Å²) in [6.07, 6.45) is 0.862. The van der Waals surface area contributed by atoms with Crippen LogP contribution in [0.2, 0.25) is 10.0 Å². The highest BCUT2D eigenvalue weighted by Crippen LogP contribution is 2.24. The fourth-order valence-corrected chi connectivity index (χ4v) is 3.79. The topological polar surface area (TPSA) is 66.5 Å². The van der Waals surface area contributed by atoms with Gasteiger partial charge in [-0.1, -0.05) is 41.4 Å². The molecular formula is C20H24Cl2N2O3S. The quantitative estimate of drug-likeness (QED) is 0.663. The van der Waals surface area contributed by atoms with Crippen molar-refractivity contribution in [1.29, 1.82) is 0 Å². The number of amides is 1. The zero-order valence-corrected chi connectivity index (χ0v) is 18.4. The monoisotopic (exact) mass is 442 g/mol. The van der Waals surface area contributed by atoms with Gasteiger partial charge in [0, 0.05) is 19.0 Å². The van der Waals surface area contributed by atoms with Crippen LogP contribution in [-0.4, -0.2) is 32.3 Å². The van der Waals surface area contributed by atoms with Crippen molar-refractivity contribution in [2.75, 3.05) is 7.05 Å². The van der Waals surface area contributed by atoms with Crippen LogP contribution in [0.1, 0.15) is 31.4 Å². The van der Waals surface area contributed by atoms with Gasteiger partial charge in [0.25, 0.3) is 0 Å². The lowest BCUT2D eigenvalue weighted by Crippen LogP contribution is -2.36. The van der Waals surface area contributed by atoms with Crippen molar-refractivity contribution in [3.8, 4) is 0 Å². The van der Waals surface area contributed by atoms with Crippen LogP contribution in [0, 0.1) is 0 Å². The average Bonchev–Trinajstić information content (AvgIpc) is 2.67. The minimum atomic E-state index is -3.46. The zero-order chi connectivity index (χ0) is 20.9. The lowest BCUT2D eigenvalue weighted by Gasteiger charge is -2.27. The van der Waals surface area contributed by atoms with Crippen molar-refractivity contribution in [2.24, 2.45) is 0 Å². The Morgan fingerprint density at radius 3 is 2.18 bits per heavy atom. The summed E-state index contributed by atoms with van der Waals surface area (Å²) in [5.41, 5.74) is 1.82. The highest BCUT2D eigenvalue weighted by Gasteiger charge is 2.18. The summed E-state index contributed by atoms with van der Waals surface area (Å²) in [5.74, 6) is 0.0213. The van der Waals surface area contributed by atoms with Crippen LogP contribution in [0.15, 0.2) is 47.4 Å². The molecule has 0 saturated carbocycles. The van der Waals surface area contributed by atoms with E-state index in [1.807, 2.05) is 19.9 Å². The number of carbonyl (C=O) groups excluding carboxylic acids is 1. The molecule has 0 bridgehead atoms. The first-order valence-corrected chi connectivity index (χ1v) is 11.1. The van der Waals surface area contributed by atoms with Gasteiger partial charge in [0.05, 0.1) is 14.9 Å². The van der Waals surface area contributed by atoms with Gasteiger partial charge in [-0.05, 0) is 62.7 Å². The average molecular weight is 443 g/mol. The van der Waals surface area contributed by atoms with Gasteiger partial charge in [-0.2, -0.15) is 0 Å². The lowest BCUT2D eigenvalue weighted by molar-refractivity contribution is -0.133. The second-order valence-corrected chi connectivity index (χ2v) is 9.42. The van der Waals surface area contributed by atoms with E-state index in [0.717, 1.165) is 11.1 Å². The standard InChI is InChI=1S/C20H24Cl2N2O3S/c1-14(2)24(13-16-6-10-18(21)19(22)12-16)20(25)11-7-15-4-8-17(9-5-15)28(26,27)23-3/h4-6,8-10,12,14,23H,7,11,13H2,1-3H3. The number of hydrogen-bond acceptors (Lipinski definition) is 3. The van der Waals surface area contributed by atoms with E-state index in [4.69, 9.17) is 23.2 Å². The van der Waals surface area contributed by atoms with Gasteiger partial charge in [-0.15, -0.1) is 0 Å². The van der Waals surface area contributed by atoms with Crippen LogP contribution < -0.4 is 4.72 Å². The molecule has 0 fully saturated rings. The molecule has 0 radical (unpaired) electrons. The van der Waals surface area contributed by atoms with Crippen LogP contribution in [0.3, 0.4) is 0 Å². The summed E-state index contributed by atoms with van der Waals surface area (Å²) >= 11 is 12.0. The zero-order valence-electron chi connectivity index (χ0n) is 16.1. The van der Waals surface area contributed by atoms with E-state index in [-0.39, 0.29) is 16.8 Å². The number of carbonyl (C=O) groups is 1. The molecule has 1 N–H and O–H groups in total. The molecule has 0 saturated heterocycles. The highest BCUT2D eigenvalue weighted by atomic mass is 35.5. The first-order chi connectivity index (χ1) is 13.1. The number of hydrogen-bond donors (Lipinski definition) is 1. The Morgan fingerprint density at radius 2 is 1.64 bits per heavy atom. The summed E-state index contributed by atoms with van der Waals surface area (Å²) in [4.78, 5) is 14.7. The van der Waals surface area contributed by atoms with Gasteiger partial charge < -0.3 is 4.90 Å². The maximum atomic E-state index is 12.7. The van der Waals surface area contributed by atoms with Crippen LogP contribution in [0.25, 0.3) is 0 Å². The molecule has 0 unspecified atom stereocenters. The van der Waals surface area contributed by atoms with Gasteiger partial charge in [0.1, 0.15) is 0 Å². The van der Waals surface area contributed by atoms with Gasteiger partial charge in [-0.3, -0.25) is 4.79 Å². The Hall–Kier alpha value is -1.60.